The van der Waals surface area contributed by atoms with Gasteiger partial charge in [-0.2, -0.15) is 0 Å². The van der Waals surface area contributed by atoms with Gasteiger partial charge < -0.3 is 9.64 Å². The van der Waals surface area contributed by atoms with Crippen LogP contribution in [0.1, 0.15) is 13.8 Å². The molecule has 0 bridgehead atoms. The molecule has 0 aliphatic carbocycles. The number of hydrogen-bond donors (Lipinski definition) is 0. The van der Waals surface area contributed by atoms with E-state index in [1.54, 1.807) is 0 Å². The van der Waals surface area contributed by atoms with Gasteiger partial charge in [-0.3, -0.25) is 4.90 Å². The highest BCUT2D eigenvalue weighted by Crippen LogP contribution is 2.25. The van der Waals surface area contributed by atoms with E-state index >= 15 is 0 Å². The Morgan fingerprint density at radius 2 is 1.92 bits per heavy atom. The van der Waals surface area contributed by atoms with E-state index in [1.165, 1.54) is 19.6 Å². The van der Waals surface area contributed by atoms with Crippen molar-refractivity contribution >= 4 is 0 Å². The molecule has 2 saturated heterocycles. The molecule has 0 radical (unpaired) electrons. The van der Waals surface area contributed by atoms with Crippen LogP contribution in [0.25, 0.3) is 0 Å². The zero-order chi connectivity index (χ0) is 9.47. The second-order valence-electron chi connectivity index (χ2n) is 4.93. The molecule has 0 unspecified atom stereocenters. The van der Waals surface area contributed by atoms with E-state index in [0.717, 1.165) is 13.2 Å². The number of nitrogens with zero attached hydrogens (tertiary/aromatic N) is 2. The van der Waals surface area contributed by atoms with Gasteiger partial charge in [-0.1, -0.05) is 0 Å². The molecule has 2 rings (SSSR count). The molecule has 0 amide bonds. The third-order valence-corrected chi connectivity index (χ3v) is 3.22. The summed E-state index contributed by atoms with van der Waals surface area (Å²) in [6.45, 7) is 10.1. The summed E-state index contributed by atoms with van der Waals surface area (Å²) in [6, 6.07) is 0.684. The number of ether oxygens (including phenoxy) is 1. The minimum absolute atomic E-state index is 0.321. The Morgan fingerprint density at radius 1 is 1.23 bits per heavy atom. The van der Waals surface area contributed by atoms with Crippen molar-refractivity contribution in [1.29, 1.82) is 0 Å². The van der Waals surface area contributed by atoms with Gasteiger partial charge in [-0.15, -0.1) is 0 Å². The van der Waals surface area contributed by atoms with Crippen LogP contribution in [0.4, 0.5) is 0 Å². The topological polar surface area (TPSA) is 15.7 Å². The monoisotopic (exact) mass is 184 g/mol. The average molecular weight is 184 g/mol. The molecule has 0 aromatic heterocycles. The molecule has 2 aliphatic heterocycles. The molecule has 0 spiro atoms. The maximum atomic E-state index is 5.25. The van der Waals surface area contributed by atoms with Crippen LogP contribution in [0, 0.1) is 0 Å². The highest BCUT2D eigenvalue weighted by molar-refractivity contribution is 4.94. The van der Waals surface area contributed by atoms with Crippen LogP contribution in [0.15, 0.2) is 0 Å². The second-order valence-corrected chi connectivity index (χ2v) is 4.93. The standard InChI is InChI=1S/C10H20N2O/c1-10(2)8-11(3)4-5-12(10)9-6-13-7-9/h9H,4-8H2,1-3H3. The lowest BCUT2D eigenvalue weighted by molar-refractivity contribution is -0.116. The van der Waals surface area contributed by atoms with Crippen molar-refractivity contribution < 1.29 is 4.74 Å². The molecule has 2 aliphatic rings. The number of piperazine rings is 1. The maximum absolute atomic E-state index is 5.25. The van der Waals surface area contributed by atoms with Crippen molar-refractivity contribution in [2.45, 2.75) is 25.4 Å². The molecule has 2 fully saturated rings. The molecule has 0 aromatic rings. The van der Waals surface area contributed by atoms with Gasteiger partial charge in [0.05, 0.1) is 19.3 Å². The third kappa shape index (κ3) is 1.73. The van der Waals surface area contributed by atoms with Crippen LogP contribution in [0.5, 0.6) is 0 Å². The highest BCUT2D eigenvalue weighted by atomic mass is 16.5. The molecule has 76 valence electrons. The minimum Gasteiger partial charge on any atom is -0.378 e. The van der Waals surface area contributed by atoms with E-state index in [0.29, 0.717) is 11.6 Å². The fourth-order valence-electron chi connectivity index (χ4n) is 2.49. The smallest absolute Gasteiger partial charge is 0.0645 e. The van der Waals surface area contributed by atoms with Crippen LogP contribution in [-0.4, -0.2) is 61.3 Å². The van der Waals surface area contributed by atoms with Crippen molar-refractivity contribution in [3.63, 3.8) is 0 Å². The lowest BCUT2D eigenvalue weighted by Gasteiger charge is -2.51. The zero-order valence-corrected chi connectivity index (χ0v) is 8.92. The van der Waals surface area contributed by atoms with Crippen LogP contribution >= 0.6 is 0 Å². The molecule has 0 aromatic carbocycles. The molecule has 0 saturated carbocycles. The Balaban J connectivity index is 2.01. The highest BCUT2D eigenvalue weighted by Gasteiger charge is 2.39. The van der Waals surface area contributed by atoms with E-state index < -0.39 is 0 Å². The van der Waals surface area contributed by atoms with Crippen molar-refractivity contribution in [3.8, 4) is 0 Å². The van der Waals surface area contributed by atoms with Crippen LogP contribution in [0.3, 0.4) is 0 Å². The summed E-state index contributed by atoms with van der Waals surface area (Å²) in [5, 5.41) is 0. The number of hydrogen-bond acceptors (Lipinski definition) is 3. The average Bonchev–Trinajstić information content (AvgIpc) is 1.89. The summed E-state index contributed by atoms with van der Waals surface area (Å²) in [5.41, 5.74) is 0.321. The normalized spacial score (nSPS) is 31.6. The predicted molar refractivity (Wildman–Crippen MR) is 52.9 cm³/mol. The van der Waals surface area contributed by atoms with Gasteiger partial charge in [-0.05, 0) is 20.9 Å². The largest absolute Gasteiger partial charge is 0.378 e. The molecule has 13 heavy (non-hydrogen) atoms. The summed E-state index contributed by atoms with van der Waals surface area (Å²) in [4.78, 5) is 5.02. The van der Waals surface area contributed by atoms with Crippen molar-refractivity contribution in [1.82, 2.24) is 9.80 Å². The summed E-state index contributed by atoms with van der Waals surface area (Å²) < 4.78 is 5.25. The Kier molecular flexibility index (Phi) is 2.34. The summed E-state index contributed by atoms with van der Waals surface area (Å²) in [5.74, 6) is 0. The summed E-state index contributed by atoms with van der Waals surface area (Å²) in [7, 11) is 2.20. The Hall–Kier alpha value is -0.120. The van der Waals surface area contributed by atoms with Gasteiger partial charge >= 0.3 is 0 Å². The SMILES string of the molecule is CN1CCN(C2COC2)C(C)(C)C1. The van der Waals surface area contributed by atoms with E-state index in [-0.39, 0.29) is 0 Å². The Bertz CT molecular complexity index is 189. The van der Waals surface area contributed by atoms with Crippen molar-refractivity contribution in [2.24, 2.45) is 0 Å². The molecular formula is C10H20N2O. The molecule has 0 N–H and O–H groups in total. The lowest BCUT2D eigenvalue weighted by atomic mass is 9.96. The lowest BCUT2D eigenvalue weighted by Crippen LogP contribution is -2.65. The van der Waals surface area contributed by atoms with Gasteiger partial charge in [0.15, 0.2) is 0 Å². The zero-order valence-electron chi connectivity index (χ0n) is 8.92. The van der Waals surface area contributed by atoms with Gasteiger partial charge in [0, 0.05) is 25.2 Å². The summed E-state index contributed by atoms with van der Waals surface area (Å²) in [6.07, 6.45) is 0. The first-order valence-corrected chi connectivity index (χ1v) is 5.13. The predicted octanol–water partition coefficient (Wildman–Crippen LogP) is 0.411. The Morgan fingerprint density at radius 3 is 2.38 bits per heavy atom. The molecule has 3 heteroatoms. The van der Waals surface area contributed by atoms with E-state index in [1.807, 2.05) is 0 Å². The first-order chi connectivity index (χ1) is 6.09. The van der Waals surface area contributed by atoms with E-state index in [9.17, 15) is 0 Å². The first kappa shape index (κ1) is 9.44. The second kappa shape index (κ2) is 3.23. The number of likely N-dealkylation sites (N-methyl/N-ethyl adjacent to an activating group) is 1. The van der Waals surface area contributed by atoms with Crippen LogP contribution in [0.2, 0.25) is 0 Å². The first-order valence-electron chi connectivity index (χ1n) is 5.13. The van der Waals surface area contributed by atoms with Crippen LogP contribution in [-0.2, 0) is 4.74 Å². The van der Waals surface area contributed by atoms with Crippen molar-refractivity contribution in [3.05, 3.63) is 0 Å². The maximum Gasteiger partial charge on any atom is 0.0645 e. The molecule has 3 nitrogen and oxygen atoms in total. The van der Waals surface area contributed by atoms with E-state index in [4.69, 9.17) is 4.74 Å². The molecule has 0 atom stereocenters. The van der Waals surface area contributed by atoms with Crippen LogP contribution < -0.4 is 0 Å². The quantitative estimate of drug-likeness (QED) is 0.587. The van der Waals surface area contributed by atoms with Gasteiger partial charge in [0.1, 0.15) is 0 Å². The molecular weight excluding hydrogens is 164 g/mol. The summed E-state index contributed by atoms with van der Waals surface area (Å²) >= 11 is 0. The van der Waals surface area contributed by atoms with Gasteiger partial charge in [0.25, 0.3) is 0 Å². The minimum atomic E-state index is 0.321. The third-order valence-electron chi connectivity index (χ3n) is 3.22. The van der Waals surface area contributed by atoms with Gasteiger partial charge in [0.2, 0.25) is 0 Å². The molecule has 2 heterocycles. The van der Waals surface area contributed by atoms with E-state index in [2.05, 4.69) is 30.7 Å². The van der Waals surface area contributed by atoms with Crippen molar-refractivity contribution in [2.75, 3.05) is 39.9 Å². The fourth-order valence-corrected chi connectivity index (χ4v) is 2.49. The Labute approximate surface area is 80.6 Å². The fraction of sp³-hybridized carbons (Fsp3) is 1.00. The van der Waals surface area contributed by atoms with Gasteiger partial charge in [-0.25, -0.2) is 0 Å². The number of rotatable bonds is 1.